The fourth-order valence-electron chi connectivity index (χ4n) is 3.19. The van der Waals surface area contributed by atoms with Crippen LogP contribution in [0.1, 0.15) is 28.0 Å². The number of hydrogen-bond acceptors (Lipinski definition) is 6. The van der Waals surface area contributed by atoms with Crippen molar-refractivity contribution in [1.82, 2.24) is 24.3 Å². The maximum Gasteiger partial charge on any atom is 0.274 e. The van der Waals surface area contributed by atoms with E-state index in [-0.39, 0.29) is 12.0 Å². The van der Waals surface area contributed by atoms with E-state index in [1.54, 1.807) is 30.5 Å². The van der Waals surface area contributed by atoms with E-state index in [0.29, 0.717) is 36.9 Å². The molecule has 134 valence electrons. The number of carbonyl (C=O) groups excluding carboxylic acids is 1. The molecular weight excluding hydrogens is 332 g/mol. The van der Waals surface area contributed by atoms with Gasteiger partial charge in [0, 0.05) is 37.9 Å². The molecule has 0 aromatic carbocycles. The molecule has 4 rings (SSSR count). The first-order valence-electron chi connectivity index (χ1n) is 8.51. The molecule has 1 saturated heterocycles. The summed E-state index contributed by atoms with van der Waals surface area (Å²) in [4.78, 5) is 27.8. The van der Waals surface area contributed by atoms with Gasteiger partial charge >= 0.3 is 0 Å². The molecule has 0 bridgehead atoms. The molecule has 0 saturated carbocycles. The number of carbonyl (C=O) groups is 1. The lowest BCUT2D eigenvalue weighted by molar-refractivity contribution is -0.0246. The summed E-state index contributed by atoms with van der Waals surface area (Å²) in [6.45, 7) is 3.37. The molecule has 0 radical (unpaired) electrons. The Morgan fingerprint density at radius 3 is 2.96 bits per heavy atom. The highest BCUT2D eigenvalue weighted by Crippen LogP contribution is 2.25. The molecule has 8 heteroatoms. The third-order valence-corrected chi connectivity index (χ3v) is 4.54. The van der Waals surface area contributed by atoms with E-state index >= 15 is 0 Å². The lowest BCUT2D eigenvalue weighted by atomic mass is 10.2. The van der Waals surface area contributed by atoms with Gasteiger partial charge in [-0.15, -0.1) is 0 Å². The Bertz CT molecular complexity index is 954. The van der Waals surface area contributed by atoms with Crippen LogP contribution in [0.3, 0.4) is 0 Å². The van der Waals surface area contributed by atoms with Gasteiger partial charge in [-0.2, -0.15) is 0 Å². The molecule has 4 heterocycles. The van der Waals surface area contributed by atoms with Crippen molar-refractivity contribution in [2.45, 2.75) is 13.0 Å². The summed E-state index contributed by atoms with van der Waals surface area (Å²) in [5.74, 6) is 0.562. The number of aromatic nitrogens is 4. The number of aryl methyl sites for hydroxylation is 1. The number of ether oxygens (including phenoxy) is 1. The molecule has 8 nitrogen and oxygen atoms in total. The maximum absolute atomic E-state index is 13.0. The zero-order valence-corrected chi connectivity index (χ0v) is 14.7. The van der Waals surface area contributed by atoms with Crippen molar-refractivity contribution < 1.29 is 9.53 Å². The number of pyridine rings is 1. The average molecular weight is 352 g/mol. The molecular formula is C18H20N6O2. The summed E-state index contributed by atoms with van der Waals surface area (Å²) in [6.07, 6.45) is 4.73. The van der Waals surface area contributed by atoms with Crippen LogP contribution >= 0.6 is 0 Å². The summed E-state index contributed by atoms with van der Waals surface area (Å²) < 4.78 is 7.76. The predicted molar refractivity (Wildman–Crippen MR) is 96.1 cm³/mol. The van der Waals surface area contributed by atoms with Crippen molar-refractivity contribution >= 4 is 17.4 Å². The summed E-state index contributed by atoms with van der Waals surface area (Å²) in [5, 5.41) is 3.02. The number of morpholine rings is 1. The smallest absolute Gasteiger partial charge is 0.274 e. The molecule has 0 spiro atoms. The summed E-state index contributed by atoms with van der Waals surface area (Å²) in [6, 6.07) is 5.82. The van der Waals surface area contributed by atoms with Gasteiger partial charge < -0.3 is 19.4 Å². The second-order valence-corrected chi connectivity index (χ2v) is 6.17. The SMILES string of the molecule is CNc1nccnc1C1CN(C(=O)c2cn3c(C)cccc3n2)CCO1. The lowest BCUT2D eigenvalue weighted by Crippen LogP contribution is -2.42. The van der Waals surface area contributed by atoms with Crippen molar-refractivity contribution in [3.8, 4) is 0 Å². The van der Waals surface area contributed by atoms with Crippen molar-refractivity contribution in [3.05, 3.63) is 53.9 Å². The Kier molecular flexibility index (Phi) is 4.26. The van der Waals surface area contributed by atoms with E-state index in [2.05, 4.69) is 20.3 Å². The van der Waals surface area contributed by atoms with Crippen LogP contribution < -0.4 is 5.32 Å². The van der Waals surface area contributed by atoms with E-state index in [9.17, 15) is 4.79 Å². The third-order valence-electron chi connectivity index (χ3n) is 4.54. The lowest BCUT2D eigenvalue weighted by Gasteiger charge is -2.32. The van der Waals surface area contributed by atoms with Crippen molar-refractivity contribution in [3.63, 3.8) is 0 Å². The van der Waals surface area contributed by atoms with Gasteiger partial charge in [-0.05, 0) is 19.1 Å². The third kappa shape index (κ3) is 2.88. The van der Waals surface area contributed by atoms with Crippen molar-refractivity contribution in [1.29, 1.82) is 0 Å². The summed E-state index contributed by atoms with van der Waals surface area (Å²) >= 11 is 0. The predicted octanol–water partition coefficient (Wildman–Crippen LogP) is 1.69. The highest BCUT2D eigenvalue weighted by atomic mass is 16.5. The highest BCUT2D eigenvalue weighted by molar-refractivity contribution is 5.93. The normalized spacial score (nSPS) is 17.5. The fraction of sp³-hybridized carbons (Fsp3) is 0.333. The van der Waals surface area contributed by atoms with Crippen LogP contribution in [0.25, 0.3) is 5.65 Å². The zero-order valence-electron chi connectivity index (χ0n) is 14.7. The first kappa shape index (κ1) is 16.5. The Balaban J connectivity index is 1.59. The second kappa shape index (κ2) is 6.72. The van der Waals surface area contributed by atoms with E-state index in [0.717, 1.165) is 11.3 Å². The number of anilines is 1. The number of nitrogens with one attached hydrogen (secondary N) is 1. The van der Waals surface area contributed by atoms with Gasteiger partial charge in [-0.1, -0.05) is 6.07 Å². The molecule has 1 atom stereocenters. The molecule has 26 heavy (non-hydrogen) atoms. The molecule has 3 aromatic heterocycles. The van der Waals surface area contributed by atoms with Gasteiger partial charge in [0.25, 0.3) is 5.91 Å². The molecule has 0 aliphatic carbocycles. The number of nitrogens with zero attached hydrogens (tertiary/aromatic N) is 5. The Labute approximate surface area is 150 Å². The Morgan fingerprint density at radius 1 is 1.31 bits per heavy atom. The van der Waals surface area contributed by atoms with Gasteiger partial charge in [-0.25, -0.2) is 9.97 Å². The van der Waals surface area contributed by atoms with Gasteiger partial charge in [0.15, 0.2) is 0 Å². The topological polar surface area (TPSA) is 84.7 Å². The number of rotatable bonds is 3. The zero-order chi connectivity index (χ0) is 18.1. The van der Waals surface area contributed by atoms with Crippen molar-refractivity contribution in [2.24, 2.45) is 0 Å². The second-order valence-electron chi connectivity index (χ2n) is 6.17. The van der Waals surface area contributed by atoms with E-state index in [1.165, 1.54) is 0 Å². The standard InChI is InChI=1S/C18H20N6O2/c1-12-4-3-5-15-22-13(10-24(12)15)18(25)23-8-9-26-14(11-23)16-17(19-2)21-7-6-20-16/h3-7,10,14H,8-9,11H2,1-2H3,(H,19,21). The molecule has 1 aliphatic heterocycles. The minimum absolute atomic E-state index is 0.101. The van der Waals surface area contributed by atoms with Crippen molar-refractivity contribution in [2.75, 3.05) is 32.1 Å². The average Bonchev–Trinajstić information content (AvgIpc) is 3.13. The van der Waals surface area contributed by atoms with Crippen LogP contribution in [0.4, 0.5) is 5.82 Å². The number of hydrogen-bond donors (Lipinski definition) is 1. The number of imidazole rings is 1. The van der Waals surface area contributed by atoms with Gasteiger partial charge in [0.2, 0.25) is 0 Å². The van der Waals surface area contributed by atoms with Crippen LogP contribution in [-0.4, -0.2) is 56.9 Å². The van der Waals surface area contributed by atoms with E-state index in [4.69, 9.17) is 4.74 Å². The number of fused-ring (bicyclic) bond motifs is 1. The maximum atomic E-state index is 13.0. The van der Waals surface area contributed by atoms with Crippen LogP contribution in [0.5, 0.6) is 0 Å². The first-order chi connectivity index (χ1) is 12.7. The van der Waals surface area contributed by atoms with Crippen LogP contribution in [0.2, 0.25) is 0 Å². The molecule has 3 aromatic rings. The Morgan fingerprint density at radius 2 is 2.15 bits per heavy atom. The number of amides is 1. The highest BCUT2D eigenvalue weighted by Gasteiger charge is 2.29. The van der Waals surface area contributed by atoms with Crippen LogP contribution in [0, 0.1) is 6.92 Å². The molecule has 1 fully saturated rings. The molecule has 1 amide bonds. The molecule has 1 aliphatic rings. The van der Waals surface area contributed by atoms with Gasteiger partial charge in [0.05, 0.1) is 13.2 Å². The van der Waals surface area contributed by atoms with Gasteiger partial charge in [-0.3, -0.25) is 9.78 Å². The first-order valence-corrected chi connectivity index (χ1v) is 8.51. The van der Waals surface area contributed by atoms with E-state index < -0.39 is 0 Å². The minimum atomic E-state index is -0.317. The monoisotopic (exact) mass is 352 g/mol. The van der Waals surface area contributed by atoms with Crippen LogP contribution in [-0.2, 0) is 4.74 Å². The molecule has 1 N–H and O–H groups in total. The largest absolute Gasteiger partial charge is 0.372 e. The molecule has 1 unspecified atom stereocenters. The van der Waals surface area contributed by atoms with Gasteiger partial charge in [0.1, 0.15) is 29.0 Å². The van der Waals surface area contributed by atoms with Crippen LogP contribution in [0.15, 0.2) is 36.8 Å². The fourth-order valence-corrected chi connectivity index (χ4v) is 3.19. The quantitative estimate of drug-likeness (QED) is 0.772. The minimum Gasteiger partial charge on any atom is -0.372 e. The Hall–Kier alpha value is -3.00. The summed E-state index contributed by atoms with van der Waals surface area (Å²) in [7, 11) is 1.79. The van der Waals surface area contributed by atoms with E-state index in [1.807, 2.05) is 29.5 Å². The summed E-state index contributed by atoms with van der Waals surface area (Å²) in [5.41, 5.74) is 2.95.